The second-order valence-electron chi connectivity index (χ2n) is 6.70. The number of halogens is 1. The van der Waals surface area contributed by atoms with E-state index in [2.05, 4.69) is 15.3 Å². The van der Waals surface area contributed by atoms with Crippen LogP contribution < -0.4 is 5.32 Å². The van der Waals surface area contributed by atoms with Crippen molar-refractivity contribution in [3.8, 4) is 11.4 Å². The van der Waals surface area contributed by atoms with Crippen molar-refractivity contribution in [2.24, 2.45) is 5.41 Å². The Hall–Kier alpha value is -2.47. The first-order valence-electron chi connectivity index (χ1n) is 8.20. The Labute approximate surface area is 150 Å². The lowest BCUT2D eigenvalue weighted by Gasteiger charge is -2.21. The monoisotopic (exact) mass is 356 g/mol. The summed E-state index contributed by atoms with van der Waals surface area (Å²) >= 11 is 5.91. The zero-order valence-electron chi connectivity index (χ0n) is 13.5. The highest BCUT2D eigenvalue weighted by Gasteiger charge is 2.45. The third-order valence-corrected chi connectivity index (χ3v) is 5.15. The van der Waals surface area contributed by atoms with Crippen LogP contribution >= 0.6 is 11.6 Å². The predicted octanol–water partition coefficient (Wildman–Crippen LogP) is 2.15. The molecule has 128 valence electrons. The summed E-state index contributed by atoms with van der Waals surface area (Å²) in [5.41, 5.74) is 1.07. The fraction of sp³-hybridized carbons (Fsp3) is 0.333. The highest BCUT2D eigenvalue weighted by atomic mass is 35.5. The van der Waals surface area contributed by atoms with Crippen molar-refractivity contribution in [2.75, 3.05) is 19.6 Å². The molecule has 1 aromatic heterocycles. The molecular weight excluding hydrogens is 340 g/mol. The van der Waals surface area contributed by atoms with Crippen LogP contribution in [0.25, 0.3) is 11.4 Å². The fourth-order valence-corrected chi connectivity index (χ4v) is 3.65. The second kappa shape index (κ2) is 6.11. The summed E-state index contributed by atoms with van der Waals surface area (Å²) in [5, 5.41) is 3.51. The lowest BCUT2D eigenvalue weighted by Crippen LogP contribution is -2.33. The SMILES string of the molecule is O=C1CC2(CCN(C(=O)c3ccnc(-c4ccc(Cl)cc4)n3)C2)CN1. The molecular formula is C18H17ClN4O2. The highest BCUT2D eigenvalue weighted by molar-refractivity contribution is 6.30. The molecule has 0 saturated carbocycles. The Morgan fingerprint density at radius 2 is 2.04 bits per heavy atom. The largest absolute Gasteiger partial charge is 0.355 e. The van der Waals surface area contributed by atoms with Gasteiger partial charge in [-0.2, -0.15) is 0 Å². The molecule has 0 aliphatic carbocycles. The molecule has 6 nitrogen and oxygen atoms in total. The van der Waals surface area contributed by atoms with Crippen LogP contribution in [0.5, 0.6) is 0 Å². The van der Waals surface area contributed by atoms with Gasteiger partial charge in [-0.15, -0.1) is 0 Å². The molecule has 2 saturated heterocycles. The van der Waals surface area contributed by atoms with E-state index in [4.69, 9.17) is 11.6 Å². The first-order valence-corrected chi connectivity index (χ1v) is 8.57. The summed E-state index contributed by atoms with van der Waals surface area (Å²) in [6, 6.07) is 8.82. The van der Waals surface area contributed by atoms with Gasteiger partial charge in [0.1, 0.15) is 5.69 Å². The number of hydrogen-bond acceptors (Lipinski definition) is 4. The minimum absolute atomic E-state index is 0.0707. The van der Waals surface area contributed by atoms with E-state index in [0.717, 1.165) is 12.0 Å². The van der Waals surface area contributed by atoms with Gasteiger partial charge in [-0.3, -0.25) is 9.59 Å². The van der Waals surface area contributed by atoms with Gasteiger partial charge >= 0.3 is 0 Å². The molecule has 25 heavy (non-hydrogen) atoms. The summed E-state index contributed by atoms with van der Waals surface area (Å²) in [6.07, 6.45) is 2.93. The zero-order chi connectivity index (χ0) is 17.4. The van der Waals surface area contributed by atoms with E-state index in [9.17, 15) is 9.59 Å². The molecule has 2 aliphatic rings. The maximum atomic E-state index is 12.8. The number of nitrogens with one attached hydrogen (secondary N) is 1. The Bertz CT molecular complexity index is 839. The van der Waals surface area contributed by atoms with Crippen LogP contribution in [0.4, 0.5) is 0 Å². The van der Waals surface area contributed by atoms with E-state index in [-0.39, 0.29) is 17.2 Å². The quantitative estimate of drug-likeness (QED) is 0.894. The van der Waals surface area contributed by atoms with E-state index in [1.165, 1.54) is 0 Å². The number of rotatable bonds is 2. The number of carbonyl (C=O) groups excluding carboxylic acids is 2. The van der Waals surface area contributed by atoms with E-state index in [1.807, 2.05) is 12.1 Å². The van der Waals surface area contributed by atoms with Crippen LogP contribution in [0.1, 0.15) is 23.3 Å². The van der Waals surface area contributed by atoms with Gasteiger partial charge in [0.25, 0.3) is 5.91 Å². The third kappa shape index (κ3) is 3.09. The Morgan fingerprint density at radius 1 is 1.24 bits per heavy atom. The fourth-order valence-electron chi connectivity index (χ4n) is 3.53. The van der Waals surface area contributed by atoms with Gasteiger partial charge in [-0.05, 0) is 36.8 Å². The molecule has 1 unspecified atom stereocenters. The molecule has 2 fully saturated rings. The average molecular weight is 357 g/mol. The lowest BCUT2D eigenvalue weighted by atomic mass is 9.86. The molecule has 2 amide bonds. The van der Waals surface area contributed by atoms with Crippen LogP contribution in [0.15, 0.2) is 36.5 Å². The van der Waals surface area contributed by atoms with Gasteiger partial charge in [-0.25, -0.2) is 9.97 Å². The predicted molar refractivity (Wildman–Crippen MR) is 93.1 cm³/mol. The van der Waals surface area contributed by atoms with Gasteiger partial charge in [0.15, 0.2) is 5.82 Å². The number of hydrogen-bond donors (Lipinski definition) is 1. The molecule has 1 atom stereocenters. The molecule has 1 N–H and O–H groups in total. The molecule has 4 rings (SSSR count). The maximum absolute atomic E-state index is 12.8. The standard InChI is InChI=1S/C18H17ClN4O2/c19-13-3-1-12(2-4-13)16-20-7-5-14(22-16)17(25)23-8-6-18(11-23)9-15(24)21-10-18/h1-5,7H,6,8-11H2,(H,21,24). The number of likely N-dealkylation sites (tertiary alicyclic amines) is 1. The Kier molecular flexibility index (Phi) is 3.92. The normalized spacial score (nSPS) is 22.4. The molecule has 0 radical (unpaired) electrons. The minimum atomic E-state index is -0.117. The van der Waals surface area contributed by atoms with Crippen molar-refractivity contribution in [3.63, 3.8) is 0 Å². The van der Waals surface area contributed by atoms with Crippen molar-refractivity contribution in [1.29, 1.82) is 0 Å². The van der Waals surface area contributed by atoms with Gasteiger partial charge in [0, 0.05) is 48.3 Å². The van der Waals surface area contributed by atoms with Crippen LogP contribution in [0.2, 0.25) is 5.02 Å². The average Bonchev–Trinajstić information content (AvgIpc) is 3.21. The van der Waals surface area contributed by atoms with Crippen LogP contribution in [0.3, 0.4) is 0 Å². The van der Waals surface area contributed by atoms with Crippen molar-refractivity contribution in [3.05, 3.63) is 47.2 Å². The van der Waals surface area contributed by atoms with E-state index in [0.29, 0.717) is 42.6 Å². The minimum Gasteiger partial charge on any atom is -0.355 e. The second-order valence-corrected chi connectivity index (χ2v) is 7.14. The van der Waals surface area contributed by atoms with E-state index >= 15 is 0 Å². The summed E-state index contributed by atoms with van der Waals surface area (Å²) < 4.78 is 0. The summed E-state index contributed by atoms with van der Waals surface area (Å²) in [6.45, 7) is 1.88. The van der Waals surface area contributed by atoms with Crippen molar-refractivity contribution in [1.82, 2.24) is 20.2 Å². The Balaban J connectivity index is 1.54. The molecule has 1 spiro atoms. The lowest BCUT2D eigenvalue weighted by molar-refractivity contribution is -0.119. The highest BCUT2D eigenvalue weighted by Crippen LogP contribution is 2.37. The first-order chi connectivity index (χ1) is 12.0. The van der Waals surface area contributed by atoms with E-state index in [1.54, 1.807) is 29.3 Å². The zero-order valence-corrected chi connectivity index (χ0v) is 14.3. The smallest absolute Gasteiger partial charge is 0.272 e. The molecule has 1 aromatic carbocycles. The summed E-state index contributed by atoms with van der Waals surface area (Å²) in [7, 11) is 0. The summed E-state index contributed by atoms with van der Waals surface area (Å²) in [4.78, 5) is 34.8. The maximum Gasteiger partial charge on any atom is 0.272 e. The molecule has 3 heterocycles. The van der Waals surface area contributed by atoms with Gasteiger partial charge in [-0.1, -0.05) is 11.6 Å². The van der Waals surface area contributed by atoms with Crippen LogP contribution in [-0.4, -0.2) is 46.3 Å². The van der Waals surface area contributed by atoms with Crippen LogP contribution in [0, 0.1) is 5.41 Å². The number of nitrogens with zero attached hydrogens (tertiary/aromatic N) is 3. The van der Waals surface area contributed by atoms with Crippen molar-refractivity contribution in [2.45, 2.75) is 12.8 Å². The van der Waals surface area contributed by atoms with E-state index < -0.39 is 0 Å². The first kappa shape index (κ1) is 16.0. The van der Waals surface area contributed by atoms with Crippen molar-refractivity contribution < 1.29 is 9.59 Å². The molecule has 2 aromatic rings. The topological polar surface area (TPSA) is 75.2 Å². The van der Waals surface area contributed by atoms with Gasteiger partial charge in [0.05, 0.1) is 0 Å². The summed E-state index contributed by atoms with van der Waals surface area (Å²) in [5.74, 6) is 0.448. The third-order valence-electron chi connectivity index (χ3n) is 4.90. The van der Waals surface area contributed by atoms with Crippen molar-refractivity contribution >= 4 is 23.4 Å². The molecule has 0 bridgehead atoms. The number of carbonyl (C=O) groups is 2. The Morgan fingerprint density at radius 3 is 2.76 bits per heavy atom. The number of aromatic nitrogens is 2. The molecule has 7 heteroatoms. The molecule has 2 aliphatic heterocycles. The number of amides is 2. The van der Waals surface area contributed by atoms with Gasteiger partial charge < -0.3 is 10.2 Å². The number of benzene rings is 1. The van der Waals surface area contributed by atoms with Crippen LogP contribution in [-0.2, 0) is 4.79 Å². The van der Waals surface area contributed by atoms with Gasteiger partial charge in [0.2, 0.25) is 5.91 Å².